The zero-order valence-electron chi connectivity index (χ0n) is 8.79. The summed E-state index contributed by atoms with van der Waals surface area (Å²) in [5.74, 6) is -2.13. The van der Waals surface area contributed by atoms with Crippen molar-refractivity contribution in [3.05, 3.63) is 45.8 Å². The lowest BCUT2D eigenvalue weighted by atomic mass is 10.2. The summed E-state index contributed by atoms with van der Waals surface area (Å²) in [6.07, 6.45) is 0. The molecule has 0 aliphatic heterocycles. The number of benzene rings is 1. The Morgan fingerprint density at radius 3 is 2.35 bits per heavy atom. The Kier molecular flexibility index (Phi) is 2.63. The molecular weight excluding hydrogens is 230 g/mol. The van der Waals surface area contributed by atoms with Gasteiger partial charge in [0.05, 0.1) is 5.56 Å². The Bertz CT molecular complexity index is 618. The number of hydrogen-bond donors (Lipinski definition) is 2. The predicted molar refractivity (Wildman–Crippen MR) is 56.6 cm³/mol. The maximum Gasteiger partial charge on any atom is 0.257 e. The van der Waals surface area contributed by atoms with Gasteiger partial charge in [-0.1, -0.05) is 0 Å². The van der Waals surface area contributed by atoms with Crippen LogP contribution >= 0.6 is 0 Å². The van der Waals surface area contributed by atoms with E-state index in [4.69, 9.17) is 0 Å². The van der Waals surface area contributed by atoms with Crippen molar-refractivity contribution in [1.29, 1.82) is 0 Å². The number of H-pyrrole nitrogens is 1. The third kappa shape index (κ3) is 2.15. The molecule has 2 N–H and O–H groups in total. The van der Waals surface area contributed by atoms with Crippen LogP contribution in [0.25, 0.3) is 11.4 Å². The lowest BCUT2D eigenvalue weighted by Gasteiger charge is -2.03. The van der Waals surface area contributed by atoms with Crippen LogP contribution in [-0.4, -0.2) is 15.1 Å². The van der Waals surface area contributed by atoms with Crippen LogP contribution in [0, 0.1) is 18.6 Å². The van der Waals surface area contributed by atoms with E-state index in [9.17, 15) is 18.7 Å². The van der Waals surface area contributed by atoms with E-state index >= 15 is 0 Å². The van der Waals surface area contributed by atoms with Crippen LogP contribution in [0.1, 0.15) is 5.56 Å². The molecule has 0 bridgehead atoms. The maximum atomic E-state index is 13.0. The molecule has 1 aromatic heterocycles. The summed E-state index contributed by atoms with van der Waals surface area (Å²) in [4.78, 5) is 17.3. The van der Waals surface area contributed by atoms with Gasteiger partial charge in [0.15, 0.2) is 0 Å². The largest absolute Gasteiger partial charge is 0.493 e. The Balaban J connectivity index is 2.65. The Hall–Kier alpha value is -2.24. The van der Waals surface area contributed by atoms with E-state index in [2.05, 4.69) is 9.97 Å². The minimum absolute atomic E-state index is 0.0469. The van der Waals surface area contributed by atoms with Crippen molar-refractivity contribution in [2.45, 2.75) is 6.92 Å². The number of aromatic hydroxyl groups is 1. The number of rotatable bonds is 1. The second kappa shape index (κ2) is 3.97. The SMILES string of the molecule is Cc1c(O)nc(-c2cc(F)cc(F)c2)[nH]c1=O. The van der Waals surface area contributed by atoms with Crippen molar-refractivity contribution >= 4 is 0 Å². The van der Waals surface area contributed by atoms with Gasteiger partial charge in [0.2, 0.25) is 5.88 Å². The highest BCUT2D eigenvalue weighted by molar-refractivity contribution is 5.55. The van der Waals surface area contributed by atoms with E-state index in [1.165, 1.54) is 6.92 Å². The van der Waals surface area contributed by atoms with Gasteiger partial charge in [0.1, 0.15) is 17.5 Å². The first-order valence-corrected chi connectivity index (χ1v) is 4.73. The number of aromatic nitrogens is 2. The average Bonchev–Trinajstić information content (AvgIpc) is 2.23. The zero-order valence-corrected chi connectivity index (χ0v) is 8.79. The standard InChI is InChI=1S/C11H8F2N2O2/c1-5-10(16)14-9(15-11(5)17)6-2-7(12)4-8(13)3-6/h2-4H,1H3,(H2,14,15,16,17). The van der Waals surface area contributed by atoms with Gasteiger partial charge in [0, 0.05) is 11.6 Å². The first kappa shape index (κ1) is 11.3. The topological polar surface area (TPSA) is 66.0 Å². The Morgan fingerprint density at radius 1 is 1.24 bits per heavy atom. The fourth-order valence-corrected chi connectivity index (χ4v) is 1.35. The van der Waals surface area contributed by atoms with E-state index in [1.807, 2.05) is 0 Å². The Morgan fingerprint density at radius 2 is 1.82 bits per heavy atom. The van der Waals surface area contributed by atoms with Crippen LogP contribution in [0.15, 0.2) is 23.0 Å². The van der Waals surface area contributed by atoms with Gasteiger partial charge in [-0.3, -0.25) is 4.79 Å². The predicted octanol–water partition coefficient (Wildman–Crippen LogP) is 1.73. The van der Waals surface area contributed by atoms with Gasteiger partial charge in [0.25, 0.3) is 5.56 Å². The summed E-state index contributed by atoms with van der Waals surface area (Å²) in [6.45, 7) is 1.39. The van der Waals surface area contributed by atoms with Crippen molar-refractivity contribution in [2.24, 2.45) is 0 Å². The summed E-state index contributed by atoms with van der Waals surface area (Å²) in [5, 5.41) is 9.36. The monoisotopic (exact) mass is 238 g/mol. The second-order valence-electron chi connectivity index (χ2n) is 3.52. The molecule has 0 atom stereocenters. The molecule has 2 rings (SSSR count). The number of hydrogen-bond acceptors (Lipinski definition) is 3. The average molecular weight is 238 g/mol. The third-order valence-corrected chi connectivity index (χ3v) is 2.26. The van der Waals surface area contributed by atoms with Crippen LogP contribution < -0.4 is 5.56 Å². The van der Waals surface area contributed by atoms with Crippen molar-refractivity contribution in [3.8, 4) is 17.3 Å². The van der Waals surface area contributed by atoms with Gasteiger partial charge in [-0.05, 0) is 19.1 Å². The first-order chi connectivity index (χ1) is 7.97. The molecule has 2 aromatic rings. The molecule has 0 unspecified atom stereocenters. The molecule has 4 nitrogen and oxygen atoms in total. The molecule has 0 saturated heterocycles. The van der Waals surface area contributed by atoms with Crippen molar-refractivity contribution < 1.29 is 13.9 Å². The maximum absolute atomic E-state index is 13.0. The van der Waals surface area contributed by atoms with Crippen molar-refractivity contribution in [2.75, 3.05) is 0 Å². The van der Waals surface area contributed by atoms with Crippen molar-refractivity contribution in [3.63, 3.8) is 0 Å². The Labute approximate surface area is 94.6 Å². The lowest BCUT2D eigenvalue weighted by molar-refractivity contribution is 0.447. The fourth-order valence-electron chi connectivity index (χ4n) is 1.35. The highest BCUT2D eigenvalue weighted by atomic mass is 19.1. The van der Waals surface area contributed by atoms with E-state index in [0.29, 0.717) is 6.07 Å². The number of nitrogens with zero attached hydrogens (tertiary/aromatic N) is 1. The van der Waals surface area contributed by atoms with Crippen LogP contribution in [0.4, 0.5) is 8.78 Å². The normalized spacial score (nSPS) is 10.5. The molecule has 1 aromatic carbocycles. The molecule has 1 heterocycles. The summed E-state index contributed by atoms with van der Waals surface area (Å²) >= 11 is 0. The molecule has 0 aliphatic carbocycles. The highest BCUT2D eigenvalue weighted by Crippen LogP contribution is 2.19. The molecule has 0 spiro atoms. The highest BCUT2D eigenvalue weighted by Gasteiger charge is 2.09. The zero-order chi connectivity index (χ0) is 12.6. The molecule has 0 aliphatic rings. The van der Waals surface area contributed by atoms with Gasteiger partial charge in [-0.25, -0.2) is 8.78 Å². The van der Waals surface area contributed by atoms with Crippen molar-refractivity contribution in [1.82, 2.24) is 9.97 Å². The number of halogens is 2. The van der Waals surface area contributed by atoms with Crippen LogP contribution in [-0.2, 0) is 0 Å². The fraction of sp³-hybridized carbons (Fsp3) is 0.0909. The smallest absolute Gasteiger partial charge is 0.257 e. The molecular formula is C11H8F2N2O2. The molecule has 0 fully saturated rings. The van der Waals surface area contributed by atoms with E-state index < -0.39 is 23.1 Å². The molecule has 88 valence electrons. The molecule has 0 amide bonds. The number of aromatic amines is 1. The molecule has 0 radical (unpaired) electrons. The lowest BCUT2D eigenvalue weighted by Crippen LogP contribution is -2.12. The van der Waals surface area contributed by atoms with Gasteiger partial charge in [-0.2, -0.15) is 4.98 Å². The molecule has 17 heavy (non-hydrogen) atoms. The van der Waals surface area contributed by atoms with E-state index in [1.54, 1.807) is 0 Å². The van der Waals surface area contributed by atoms with Crippen LogP contribution in [0.2, 0.25) is 0 Å². The minimum Gasteiger partial charge on any atom is -0.493 e. The van der Waals surface area contributed by atoms with E-state index in [-0.39, 0.29) is 17.0 Å². The quantitative estimate of drug-likeness (QED) is 0.795. The minimum atomic E-state index is -0.789. The van der Waals surface area contributed by atoms with Gasteiger partial charge in [-0.15, -0.1) is 0 Å². The van der Waals surface area contributed by atoms with Gasteiger partial charge < -0.3 is 10.1 Å². The van der Waals surface area contributed by atoms with Crippen LogP contribution in [0.3, 0.4) is 0 Å². The summed E-state index contributed by atoms with van der Waals surface area (Å²) in [7, 11) is 0. The van der Waals surface area contributed by atoms with Crippen LogP contribution in [0.5, 0.6) is 5.88 Å². The number of nitrogens with one attached hydrogen (secondary N) is 1. The summed E-state index contributed by atoms with van der Waals surface area (Å²) in [6, 6.07) is 2.72. The second-order valence-corrected chi connectivity index (χ2v) is 3.52. The summed E-state index contributed by atoms with van der Waals surface area (Å²) in [5.41, 5.74) is -0.460. The summed E-state index contributed by atoms with van der Waals surface area (Å²) < 4.78 is 25.9. The van der Waals surface area contributed by atoms with E-state index in [0.717, 1.165) is 12.1 Å². The molecule has 6 heteroatoms. The van der Waals surface area contributed by atoms with Gasteiger partial charge >= 0.3 is 0 Å². The first-order valence-electron chi connectivity index (χ1n) is 4.73. The third-order valence-electron chi connectivity index (χ3n) is 2.26. The molecule has 0 saturated carbocycles.